The monoisotopic (exact) mass is 385 g/mol. The molecule has 0 aliphatic rings. The molecule has 0 bridgehead atoms. The minimum Gasteiger partial charge on any atom is -0.494 e. The van der Waals surface area contributed by atoms with Crippen molar-refractivity contribution < 1.29 is 9.53 Å². The number of halogens is 1. The van der Waals surface area contributed by atoms with Gasteiger partial charge in [0.25, 0.3) is 0 Å². The minimum absolute atomic E-state index is 0.136. The van der Waals surface area contributed by atoms with E-state index in [-0.39, 0.29) is 6.04 Å². The van der Waals surface area contributed by atoms with E-state index in [0.717, 1.165) is 59.0 Å². The molecule has 0 saturated heterocycles. The molecule has 5 nitrogen and oxygen atoms in total. The minimum atomic E-state index is -0.136. The van der Waals surface area contributed by atoms with Crippen molar-refractivity contribution in [3.05, 3.63) is 58.9 Å². The third kappa shape index (κ3) is 4.61. The van der Waals surface area contributed by atoms with Crippen LogP contribution in [0.5, 0.6) is 5.75 Å². The highest BCUT2D eigenvalue weighted by molar-refractivity contribution is 6.31. The lowest BCUT2D eigenvalue weighted by Gasteiger charge is -2.14. The Labute approximate surface area is 164 Å². The van der Waals surface area contributed by atoms with E-state index in [4.69, 9.17) is 21.3 Å². The first-order chi connectivity index (χ1) is 13.1. The zero-order valence-electron chi connectivity index (χ0n) is 15.6. The molecule has 0 spiro atoms. The molecule has 0 fully saturated rings. The lowest BCUT2D eigenvalue weighted by molar-refractivity contribution is -0.110. The summed E-state index contributed by atoms with van der Waals surface area (Å²) in [4.78, 5) is 15.5. The molecule has 0 radical (unpaired) electrons. The highest BCUT2D eigenvalue weighted by Crippen LogP contribution is 2.23. The van der Waals surface area contributed by atoms with Crippen molar-refractivity contribution in [3.8, 4) is 5.75 Å². The van der Waals surface area contributed by atoms with Crippen molar-refractivity contribution in [3.63, 3.8) is 0 Å². The summed E-state index contributed by atoms with van der Waals surface area (Å²) in [5.41, 5.74) is 3.04. The summed E-state index contributed by atoms with van der Waals surface area (Å²) < 4.78 is 8.01. The molecule has 2 aromatic carbocycles. The third-order valence-electron chi connectivity index (χ3n) is 4.56. The maximum atomic E-state index is 10.8. The number of nitrogens with zero attached hydrogens (tertiary/aromatic N) is 2. The number of ether oxygens (including phenoxy) is 1. The number of imidazole rings is 1. The van der Waals surface area contributed by atoms with Gasteiger partial charge in [0, 0.05) is 11.6 Å². The van der Waals surface area contributed by atoms with Gasteiger partial charge in [0.2, 0.25) is 6.41 Å². The van der Waals surface area contributed by atoms with Gasteiger partial charge in [0.1, 0.15) is 11.6 Å². The molecule has 1 heterocycles. The number of hydrogen-bond donors (Lipinski definition) is 1. The quantitative estimate of drug-likeness (QED) is 0.430. The van der Waals surface area contributed by atoms with Crippen molar-refractivity contribution in [2.24, 2.45) is 0 Å². The molecule has 0 aliphatic carbocycles. The predicted octanol–water partition coefficient (Wildman–Crippen LogP) is 4.66. The van der Waals surface area contributed by atoms with E-state index in [1.165, 1.54) is 0 Å². The summed E-state index contributed by atoms with van der Waals surface area (Å²) in [5.74, 6) is 1.71. The molecule has 1 aromatic heterocycles. The normalized spacial score (nSPS) is 12.1. The highest BCUT2D eigenvalue weighted by atomic mass is 35.5. The first-order valence-corrected chi connectivity index (χ1v) is 9.51. The van der Waals surface area contributed by atoms with E-state index in [1.807, 2.05) is 50.2 Å². The summed E-state index contributed by atoms with van der Waals surface area (Å²) in [6.07, 6.45) is 2.59. The van der Waals surface area contributed by atoms with Gasteiger partial charge in [-0.1, -0.05) is 23.7 Å². The number of rotatable bonds is 9. The summed E-state index contributed by atoms with van der Waals surface area (Å²) in [6, 6.07) is 13.6. The molecule has 1 atom stereocenters. The molecular formula is C21H24ClN3O2. The van der Waals surface area contributed by atoms with Crippen LogP contribution in [0.2, 0.25) is 5.02 Å². The lowest BCUT2D eigenvalue weighted by atomic mass is 10.2. The van der Waals surface area contributed by atoms with Gasteiger partial charge in [-0.15, -0.1) is 0 Å². The SMILES string of the molecule is Cc1cc(OCCCCn2c(C(C)NC=O)nc3ccccc32)ccc1Cl. The summed E-state index contributed by atoms with van der Waals surface area (Å²) in [7, 11) is 0. The Balaban J connectivity index is 1.61. The number of hydrogen-bond acceptors (Lipinski definition) is 3. The van der Waals surface area contributed by atoms with E-state index in [1.54, 1.807) is 0 Å². The number of amides is 1. The number of aryl methyl sites for hydroxylation is 2. The predicted molar refractivity (Wildman–Crippen MR) is 108 cm³/mol. The van der Waals surface area contributed by atoms with Crippen LogP contribution in [0.4, 0.5) is 0 Å². The molecule has 3 aromatic rings. The van der Waals surface area contributed by atoms with Crippen LogP contribution in [0.15, 0.2) is 42.5 Å². The second kappa shape index (κ2) is 8.91. The number of unbranched alkanes of at least 4 members (excludes halogenated alkanes) is 1. The number of nitrogens with one attached hydrogen (secondary N) is 1. The average Bonchev–Trinajstić information content (AvgIpc) is 3.03. The van der Waals surface area contributed by atoms with Gasteiger partial charge in [-0.25, -0.2) is 4.98 Å². The Morgan fingerprint density at radius 1 is 1.26 bits per heavy atom. The van der Waals surface area contributed by atoms with Crippen LogP contribution in [0.3, 0.4) is 0 Å². The topological polar surface area (TPSA) is 56.1 Å². The van der Waals surface area contributed by atoms with Crippen LogP contribution in [0.1, 0.15) is 37.2 Å². The molecular weight excluding hydrogens is 362 g/mol. The van der Waals surface area contributed by atoms with Crippen molar-refractivity contribution >= 4 is 29.0 Å². The second-order valence-corrected chi connectivity index (χ2v) is 6.99. The van der Waals surface area contributed by atoms with E-state index in [2.05, 4.69) is 16.0 Å². The van der Waals surface area contributed by atoms with Crippen LogP contribution < -0.4 is 10.1 Å². The van der Waals surface area contributed by atoms with Gasteiger partial charge in [0.05, 0.1) is 23.7 Å². The average molecular weight is 386 g/mol. The molecule has 1 amide bonds. The molecule has 1 N–H and O–H groups in total. The zero-order valence-corrected chi connectivity index (χ0v) is 16.4. The Morgan fingerprint density at radius 2 is 2.07 bits per heavy atom. The van der Waals surface area contributed by atoms with Gasteiger partial charge in [-0.05, 0) is 62.6 Å². The van der Waals surface area contributed by atoms with Gasteiger partial charge >= 0.3 is 0 Å². The zero-order chi connectivity index (χ0) is 19.2. The van der Waals surface area contributed by atoms with Crippen LogP contribution in [0, 0.1) is 6.92 Å². The number of aromatic nitrogens is 2. The van der Waals surface area contributed by atoms with Crippen LogP contribution in [-0.2, 0) is 11.3 Å². The molecule has 6 heteroatoms. The van der Waals surface area contributed by atoms with E-state index >= 15 is 0 Å². The molecule has 0 aliphatic heterocycles. The third-order valence-corrected chi connectivity index (χ3v) is 4.99. The first-order valence-electron chi connectivity index (χ1n) is 9.14. The highest BCUT2D eigenvalue weighted by Gasteiger charge is 2.15. The molecule has 3 rings (SSSR count). The summed E-state index contributed by atoms with van der Waals surface area (Å²) in [6.45, 7) is 5.38. The van der Waals surface area contributed by atoms with Crippen molar-refractivity contribution in [1.82, 2.24) is 14.9 Å². The standard InChI is InChI=1S/C21H24ClN3O2/c1-15-13-17(9-10-18(15)22)27-12-6-5-11-25-20-8-4-3-7-19(20)24-21(25)16(2)23-14-26/h3-4,7-10,13-14,16H,5-6,11-12H2,1-2H3,(H,23,26). The van der Waals surface area contributed by atoms with Crippen molar-refractivity contribution in [2.45, 2.75) is 39.3 Å². The number of para-hydroxylation sites is 2. The maximum absolute atomic E-state index is 10.8. The summed E-state index contributed by atoms with van der Waals surface area (Å²) >= 11 is 6.04. The van der Waals surface area contributed by atoms with E-state index in [0.29, 0.717) is 6.61 Å². The van der Waals surface area contributed by atoms with Gasteiger partial charge in [-0.3, -0.25) is 4.79 Å². The lowest BCUT2D eigenvalue weighted by Crippen LogP contribution is -2.20. The largest absolute Gasteiger partial charge is 0.494 e. The van der Waals surface area contributed by atoms with Crippen LogP contribution in [0.25, 0.3) is 11.0 Å². The number of carbonyl (C=O) groups is 1. The van der Waals surface area contributed by atoms with E-state index < -0.39 is 0 Å². The van der Waals surface area contributed by atoms with Gasteiger partial charge < -0.3 is 14.6 Å². The second-order valence-electron chi connectivity index (χ2n) is 6.58. The fourth-order valence-corrected chi connectivity index (χ4v) is 3.22. The molecule has 142 valence electrons. The van der Waals surface area contributed by atoms with Crippen LogP contribution in [-0.4, -0.2) is 22.6 Å². The maximum Gasteiger partial charge on any atom is 0.207 e. The number of fused-ring (bicyclic) bond motifs is 1. The Morgan fingerprint density at radius 3 is 2.85 bits per heavy atom. The van der Waals surface area contributed by atoms with Gasteiger partial charge in [-0.2, -0.15) is 0 Å². The fourth-order valence-electron chi connectivity index (χ4n) is 3.11. The molecule has 27 heavy (non-hydrogen) atoms. The van der Waals surface area contributed by atoms with Crippen LogP contribution >= 0.6 is 11.6 Å². The Kier molecular flexibility index (Phi) is 6.35. The fraction of sp³-hybridized carbons (Fsp3) is 0.333. The first kappa shape index (κ1) is 19.2. The molecule has 1 unspecified atom stereocenters. The van der Waals surface area contributed by atoms with Crippen molar-refractivity contribution in [2.75, 3.05) is 6.61 Å². The smallest absolute Gasteiger partial charge is 0.207 e. The summed E-state index contributed by atoms with van der Waals surface area (Å²) in [5, 5.41) is 3.55. The van der Waals surface area contributed by atoms with Crippen molar-refractivity contribution in [1.29, 1.82) is 0 Å². The Hall–Kier alpha value is -2.53. The number of benzene rings is 2. The van der Waals surface area contributed by atoms with Gasteiger partial charge in [0.15, 0.2) is 0 Å². The Bertz CT molecular complexity index is 923. The molecule has 0 saturated carbocycles. The number of carbonyl (C=O) groups excluding carboxylic acids is 1. The van der Waals surface area contributed by atoms with E-state index in [9.17, 15) is 4.79 Å².